The Balaban J connectivity index is 1.79. The van der Waals surface area contributed by atoms with Crippen molar-refractivity contribution in [2.45, 2.75) is 32.6 Å². The summed E-state index contributed by atoms with van der Waals surface area (Å²) in [5.41, 5.74) is 0. The standard InChI is InChI=1S/C13H24N4O4S/c1-3-17-8-11(7-14-17)21-13-10-16(9-12(13)18)6-5-15-22(19,20)4-2/h7-8,12-13,15,18H,3-6,9-10H2,1-2H3/t12-,13-/m1/s1. The van der Waals surface area contributed by atoms with E-state index in [4.69, 9.17) is 4.74 Å². The van der Waals surface area contributed by atoms with Crippen molar-refractivity contribution in [3.05, 3.63) is 12.4 Å². The van der Waals surface area contributed by atoms with E-state index in [1.54, 1.807) is 24.0 Å². The minimum atomic E-state index is -3.17. The largest absolute Gasteiger partial charge is 0.483 e. The Morgan fingerprint density at radius 3 is 2.86 bits per heavy atom. The maximum atomic E-state index is 11.4. The van der Waals surface area contributed by atoms with Gasteiger partial charge in [0, 0.05) is 32.7 Å². The summed E-state index contributed by atoms with van der Waals surface area (Å²) >= 11 is 0. The zero-order valence-corrected chi connectivity index (χ0v) is 13.8. The molecule has 2 rings (SSSR count). The molecular weight excluding hydrogens is 308 g/mol. The fourth-order valence-electron chi connectivity index (χ4n) is 2.35. The van der Waals surface area contributed by atoms with Gasteiger partial charge in [0.1, 0.15) is 12.2 Å². The first-order valence-corrected chi connectivity index (χ1v) is 9.15. The maximum absolute atomic E-state index is 11.4. The van der Waals surface area contributed by atoms with Crippen molar-refractivity contribution in [1.82, 2.24) is 19.4 Å². The van der Waals surface area contributed by atoms with Crippen molar-refractivity contribution in [3.63, 3.8) is 0 Å². The van der Waals surface area contributed by atoms with Crippen molar-refractivity contribution in [2.24, 2.45) is 0 Å². The summed E-state index contributed by atoms with van der Waals surface area (Å²) in [5.74, 6) is 0.711. The van der Waals surface area contributed by atoms with Gasteiger partial charge in [-0.25, -0.2) is 13.1 Å². The lowest BCUT2D eigenvalue weighted by molar-refractivity contribution is 0.0736. The lowest BCUT2D eigenvalue weighted by Gasteiger charge is -2.16. The summed E-state index contributed by atoms with van der Waals surface area (Å²) in [6.45, 7) is 6.27. The van der Waals surface area contributed by atoms with E-state index >= 15 is 0 Å². The number of ether oxygens (including phenoxy) is 1. The summed E-state index contributed by atoms with van der Waals surface area (Å²) in [6.07, 6.45) is 2.52. The van der Waals surface area contributed by atoms with E-state index in [2.05, 4.69) is 9.82 Å². The second-order valence-corrected chi connectivity index (χ2v) is 7.41. The van der Waals surface area contributed by atoms with Crippen molar-refractivity contribution >= 4 is 10.0 Å². The van der Waals surface area contributed by atoms with Crippen molar-refractivity contribution in [2.75, 3.05) is 31.9 Å². The molecular formula is C13H24N4O4S. The number of aryl methyl sites for hydroxylation is 1. The average Bonchev–Trinajstić information content (AvgIpc) is 3.06. The molecule has 1 aliphatic heterocycles. The smallest absolute Gasteiger partial charge is 0.211 e. The molecule has 8 nitrogen and oxygen atoms in total. The van der Waals surface area contributed by atoms with Crippen LogP contribution < -0.4 is 9.46 Å². The van der Waals surface area contributed by atoms with E-state index < -0.39 is 16.1 Å². The van der Waals surface area contributed by atoms with Crippen LogP contribution in [0.5, 0.6) is 5.75 Å². The van der Waals surface area contributed by atoms with Crippen LogP contribution in [0, 0.1) is 0 Å². The Morgan fingerprint density at radius 2 is 2.23 bits per heavy atom. The van der Waals surface area contributed by atoms with Crippen LogP contribution in [0.15, 0.2) is 12.4 Å². The van der Waals surface area contributed by atoms with E-state index in [-0.39, 0.29) is 11.9 Å². The molecule has 0 radical (unpaired) electrons. The van der Waals surface area contributed by atoms with Gasteiger partial charge in [-0.05, 0) is 13.8 Å². The van der Waals surface area contributed by atoms with Crippen LogP contribution in [-0.2, 0) is 16.6 Å². The normalized spacial score (nSPS) is 23.0. The Kier molecular flexibility index (Phi) is 5.79. The van der Waals surface area contributed by atoms with Crippen LogP contribution in [0.1, 0.15) is 13.8 Å². The van der Waals surface area contributed by atoms with Crippen molar-refractivity contribution in [1.29, 1.82) is 0 Å². The molecule has 0 bridgehead atoms. The summed E-state index contributed by atoms with van der Waals surface area (Å²) in [5, 5.41) is 14.2. The van der Waals surface area contributed by atoms with Crippen LogP contribution in [0.3, 0.4) is 0 Å². The molecule has 0 saturated carbocycles. The quantitative estimate of drug-likeness (QED) is 0.651. The number of rotatable bonds is 8. The molecule has 0 amide bonds. The third kappa shape index (κ3) is 4.67. The number of aromatic nitrogens is 2. The summed E-state index contributed by atoms with van der Waals surface area (Å²) < 4.78 is 32.8. The summed E-state index contributed by atoms with van der Waals surface area (Å²) in [7, 11) is -3.17. The number of aliphatic hydroxyl groups is 1. The Bertz CT molecular complexity index is 574. The molecule has 1 fully saturated rings. The highest BCUT2D eigenvalue weighted by atomic mass is 32.2. The highest BCUT2D eigenvalue weighted by Crippen LogP contribution is 2.18. The van der Waals surface area contributed by atoms with E-state index in [0.29, 0.717) is 31.9 Å². The van der Waals surface area contributed by atoms with E-state index in [1.165, 1.54) is 0 Å². The molecule has 1 saturated heterocycles. The monoisotopic (exact) mass is 332 g/mol. The molecule has 0 aromatic carbocycles. The Morgan fingerprint density at radius 1 is 1.45 bits per heavy atom. The van der Waals surface area contributed by atoms with Gasteiger partial charge in [-0.1, -0.05) is 0 Å². The number of β-amino-alcohol motifs (C(OH)–C–C–N with tert-alkyl or cyclic N) is 1. The lowest BCUT2D eigenvalue weighted by atomic mass is 10.3. The number of likely N-dealkylation sites (tertiary alicyclic amines) is 1. The Hall–Kier alpha value is -1.16. The minimum Gasteiger partial charge on any atom is -0.483 e. The topological polar surface area (TPSA) is 96.7 Å². The molecule has 126 valence electrons. The zero-order chi connectivity index (χ0) is 16.2. The summed E-state index contributed by atoms with van der Waals surface area (Å²) in [6, 6.07) is 0. The Labute approximate surface area is 131 Å². The van der Waals surface area contributed by atoms with E-state index in [1.807, 2.05) is 11.8 Å². The minimum absolute atomic E-state index is 0.0722. The third-order valence-corrected chi connectivity index (χ3v) is 5.07. The van der Waals surface area contributed by atoms with E-state index in [0.717, 1.165) is 6.54 Å². The molecule has 2 atom stereocenters. The predicted octanol–water partition coefficient (Wildman–Crippen LogP) is -0.734. The van der Waals surface area contributed by atoms with Gasteiger partial charge in [0.15, 0.2) is 5.75 Å². The molecule has 2 N–H and O–H groups in total. The first-order valence-electron chi connectivity index (χ1n) is 7.50. The van der Waals surface area contributed by atoms with Crippen molar-refractivity contribution < 1.29 is 18.3 Å². The van der Waals surface area contributed by atoms with Gasteiger partial charge in [0.25, 0.3) is 0 Å². The molecule has 22 heavy (non-hydrogen) atoms. The number of hydrogen-bond acceptors (Lipinski definition) is 6. The van der Waals surface area contributed by atoms with Crippen LogP contribution >= 0.6 is 0 Å². The molecule has 1 aliphatic rings. The fraction of sp³-hybridized carbons (Fsp3) is 0.769. The number of nitrogens with zero attached hydrogens (tertiary/aromatic N) is 3. The van der Waals surface area contributed by atoms with Gasteiger partial charge in [0.2, 0.25) is 10.0 Å². The molecule has 0 aliphatic carbocycles. The highest BCUT2D eigenvalue weighted by molar-refractivity contribution is 7.89. The molecule has 0 spiro atoms. The van der Waals surface area contributed by atoms with Gasteiger partial charge in [0.05, 0.1) is 18.1 Å². The van der Waals surface area contributed by atoms with Gasteiger partial charge in [-0.3, -0.25) is 9.58 Å². The third-order valence-electron chi connectivity index (χ3n) is 3.66. The summed E-state index contributed by atoms with van der Waals surface area (Å²) in [4.78, 5) is 1.98. The predicted molar refractivity (Wildman–Crippen MR) is 82.2 cm³/mol. The number of nitrogens with one attached hydrogen (secondary N) is 1. The van der Waals surface area contributed by atoms with Gasteiger partial charge in [-0.2, -0.15) is 5.10 Å². The van der Waals surface area contributed by atoms with E-state index in [9.17, 15) is 13.5 Å². The van der Waals surface area contributed by atoms with Gasteiger partial charge in [-0.15, -0.1) is 0 Å². The second-order valence-electron chi connectivity index (χ2n) is 5.31. The molecule has 1 aromatic heterocycles. The lowest BCUT2D eigenvalue weighted by Crippen LogP contribution is -2.35. The van der Waals surface area contributed by atoms with Crippen LogP contribution in [0.2, 0.25) is 0 Å². The highest BCUT2D eigenvalue weighted by Gasteiger charge is 2.33. The molecule has 2 heterocycles. The van der Waals surface area contributed by atoms with Crippen LogP contribution in [0.25, 0.3) is 0 Å². The number of hydrogen-bond donors (Lipinski definition) is 2. The zero-order valence-electron chi connectivity index (χ0n) is 13.0. The maximum Gasteiger partial charge on any atom is 0.211 e. The van der Waals surface area contributed by atoms with Gasteiger partial charge >= 0.3 is 0 Å². The molecule has 0 unspecified atom stereocenters. The first kappa shape index (κ1) is 17.2. The van der Waals surface area contributed by atoms with Crippen molar-refractivity contribution in [3.8, 4) is 5.75 Å². The molecule has 9 heteroatoms. The SMILES string of the molecule is CCn1cc(O[C@@H]2CN(CCNS(=O)(=O)CC)C[C@H]2O)cn1. The molecule has 1 aromatic rings. The van der Waals surface area contributed by atoms with Gasteiger partial charge < -0.3 is 9.84 Å². The van der Waals surface area contributed by atoms with Crippen LogP contribution in [0.4, 0.5) is 0 Å². The fourth-order valence-corrected chi connectivity index (χ4v) is 2.95. The average molecular weight is 332 g/mol. The number of sulfonamides is 1. The first-order chi connectivity index (χ1) is 10.4. The van der Waals surface area contributed by atoms with Crippen LogP contribution in [-0.4, -0.2) is 72.3 Å². The number of aliphatic hydroxyl groups excluding tert-OH is 1. The second kappa shape index (κ2) is 7.40.